The number of hydrogen-bond donors (Lipinski definition) is 0. The van der Waals surface area contributed by atoms with E-state index in [4.69, 9.17) is 13.7 Å². The Labute approximate surface area is 137 Å². The third kappa shape index (κ3) is 1.79. The molecule has 6 rings (SSSR count). The van der Waals surface area contributed by atoms with Crippen LogP contribution in [0, 0.1) is 17.3 Å². The van der Waals surface area contributed by atoms with Crippen LogP contribution in [0.3, 0.4) is 0 Å². The van der Waals surface area contributed by atoms with Gasteiger partial charge in [-0.3, -0.25) is 0 Å². The average Bonchev–Trinajstić information content (AvgIpc) is 3.07. The van der Waals surface area contributed by atoms with Gasteiger partial charge in [-0.1, -0.05) is 32.0 Å². The lowest BCUT2D eigenvalue weighted by Crippen LogP contribution is -2.65. The number of furan rings is 1. The summed E-state index contributed by atoms with van der Waals surface area (Å²) < 4.78 is 18.5. The van der Waals surface area contributed by atoms with Crippen LogP contribution in [0.25, 0.3) is 11.0 Å². The monoisotopic (exact) mass is 310 g/mol. The molecule has 120 valence electrons. The van der Waals surface area contributed by atoms with E-state index in [1.165, 1.54) is 17.4 Å². The van der Waals surface area contributed by atoms with Crippen LogP contribution in [0.4, 0.5) is 0 Å². The van der Waals surface area contributed by atoms with Gasteiger partial charge in [-0.05, 0) is 48.6 Å². The van der Waals surface area contributed by atoms with Crippen molar-refractivity contribution < 1.29 is 13.7 Å². The van der Waals surface area contributed by atoms with Gasteiger partial charge in [0.2, 0.25) is 0 Å². The number of rotatable bonds is 2. The van der Waals surface area contributed by atoms with Crippen molar-refractivity contribution in [1.82, 2.24) is 0 Å². The Balaban J connectivity index is 1.40. The van der Waals surface area contributed by atoms with E-state index >= 15 is 0 Å². The lowest BCUT2D eigenvalue weighted by molar-refractivity contribution is -0.199. The van der Waals surface area contributed by atoms with Crippen LogP contribution in [-0.4, -0.2) is 18.8 Å². The highest BCUT2D eigenvalue weighted by Crippen LogP contribution is 2.65. The number of benzene rings is 1. The fraction of sp³-hybridized carbons (Fsp3) is 0.579. The summed E-state index contributed by atoms with van der Waals surface area (Å²) in [6.07, 6.45) is 5.31. The zero-order chi connectivity index (χ0) is 15.8. The standard InChI is InChI=1S/C19H23BO3/c1-18(2)13-8-16(18)19(3)17(9-13)22-20(23-19)10-12-11-21-15-7-5-4-6-14(12)15/h4-7,11,13,16-17H,8-10H2,1-3H3/t13-,16-,17?,19-/m0/s1. The molecule has 2 bridgehead atoms. The summed E-state index contributed by atoms with van der Waals surface area (Å²) in [7, 11) is -0.152. The van der Waals surface area contributed by atoms with E-state index in [9.17, 15) is 0 Å². The molecule has 1 aromatic heterocycles. The van der Waals surface area contributed by atoms with E-state index in [1.807, 2.05) is 18.4 Å². The van der Waals surface area contributed by atoms with Crippen molar-refractivity contribution in [3.63, 3.8) is 0 Å². The van der Waals surface area contributed by atoms with Gasteiger partial charge in [-0.15, -0.1) is 0 Å². The summed E-state index contributed by atoms with van der Waals surface area (Å²) in [6, 6.07) is 8.17. The first-order chi connectivity index (χ1) is 11.0. The van der Waals surface area contributed by atoms with Gasteiger partial charge < -0.3 is 13.7 Å². The van der Waals surface area contributed by atoms with Crippen LogP contribution < -0.4 is 0 Å². The molecule has 0 radical (unpaired) electrons. The Hall–Kier alpha value is -1.26. The van der Waals surface area contributed by atoms with Crippen molar-refractivity contribution in [1.29, 1.82) is 0 Å². The van der Waals surface area contributed by atoms with Crippen LogP contribution in [0.5, 0.6) is 0 Å². The second kappa shape index (κ2) is 4.43. The topological polar surface area (TPSA) is 31.6 Å². The van der Waals surface area contributed by atoms with Crippen LogP contribution >= 0.6 is 0 Å². The largest absolute Gasteiger partial charge is 0.464 e. The highest BCUT2D eigenvalue weighted by atomic mass is 16.7. The van der Waals surface area contributed by atoms with Crippen LogP contribution in [0.1, 0.15) is 39.2 Å². The molecule has 3 saturated carbocycles. The van der Waals surface area contributed by atoms with E-state index in [2.05, 4.69) is 32.9 Å². The molecule has 4 atom stereocenters. The van der Waals surface area contributed by atoms with Crippen molar-refractivity contribution in [3.05, 3.63) is 36.1 Å². The molecule has 1 aliphatic heterocycles. The molecule has 0 N–H and O–H groups in total. The van der Waals surface area contributed by atoms with Gasteiger partial charge in [-0.2, -0.15) is 0 Å². The molecule has 4 aliphatic rings. The quantitative estimate of drug-likeness (QED) is 0.777. The minimum atomic E-state index is -0.152. The molecule has 23 heavy (non-hydrogen) atoms. The summed E-state index contributed by atoms with van der Waals surface area (Å²) >= 11 is 0. The van der Waals surface area contributed by atoms with E-state index in [-0.39, 0.29) is 18.8 Å². The summed E-state index contributed by atoms with van der Waals surface area (Å²) in [5, 5.41) is 1.17. The highest BCUT2D eigenvalue weighted by Gasteiger charge is 2.67. The van der Waals surface area contributed by atoms with E-state index < -0.39 is 0 Å². The Morgan fingerprint density at radius 2 is 2.00 bits per heavy atom. The molecular weight excluding hydrogens is 287 g/mol. The molecule has 1 saturated heterocycles. The zero-order valence-corrected chi connectivity index (χ0v) is 14.0. The first-order valence-corrected chi connectivity index (χ1v) is 8.77. The Bertz CT molecular complexity index is 767. The molecular formula is C19H23BO3. The van der Waals surface area contributed by atoms with Gasteiger partial charge in [0.1, 0.15) is 5.58 Å². The maximum absolute atomic E-state index is 6.50. The smallest absolute Gasteiger partial charge is 0.462 e. The second-order valence-electron chi connectivity index (χ2n) is 8.36. The number of hydrogen-bond acceptors (Lipinski definition) is 3. The predicted octanol–water partition coefficient (Wildman–Crippen LogP) is 4.24. The Morgan fingerprint density at radius 3 is 2.83 bits per heavy atom. The Kier molecular flexibility index (Phi) is 2.72. The van der Waals surface area contributed by atoms with Gasteiger partial charge in [0.15, 0.2) is 0 Å². The maximum Gasteiger partial charge on any atom is 0.462 e. The van der Waals surface area contributed by atoms with Crippen LogP contribution in [-0.2, 0) is 15.6 Å². The fourth-order valence-corrected chi connectivity index (χ4v) is 5.41. The lowest BCUT2D eigenvalue weighted by Gasteiger charge is -2.64. The molecule has 4 fully saturated rings. The van der Waals surface area contributed by atoms with Crippen molar-refractivity contribution in [2.45, 2.75) is 51.6 Å². The first kappa shape index (κ1) is 14.1. The molecule has 1 unspecified atom stereocenters. The highest BCUT2D eigenvalue weighted by molar-refractivity contribution is 6.45. The normalized spacial score (nSPS) is 37.7. The molecule has 2 heterocycles. The summed E-state index contributed by atoms with van der Waals surface area (Å²) in [5.41, 5.74) is 2.39. The van der Waals surface area contributed by atoms with Gasteiger partial charge in [0, 0.05) is 11.7 Å². The summed E-state index contributed by atoms with van der Waals surface area (Å²) in [4.78, 5) is 0. The minimum Gasteiger partial charge on any atom is -0.464 e. The van der Waals surface area contributed by atoms with Gasteiger partial charge in [0.25, 0.3) is 0 Å². The second-order valence-corrected chi connectivity index (χ2v) is 8.36. The van der Waals surface area contributed by atoms with Gasteiger partial charge in [0.05, 0.1) is 18.0 Å². The van der Waals surface area contributed by atoms with Crippen molar-refractivity contribution >= 4 is 18.1 Å². The third-order valence-corrected chi connectivity index (χ3v) is 6.95. The lowest BCUT2D eigenvalue weighted by atomic mass is 9.43. The fourth-order valence-electron chi connectivity index (χ4n) is 5.41. The van der Waals surface area contributed by atoms with Crippen molar-refractivity contribution in [3.8, 4) is 0 Å². The number of para-hydroxylation sites is 1. The molecule has 1 aromatic carbocycles. The SMILES string of the molecule is CC1(C)[C@@H]2CC3OB(Cc4coc5ccccc45)O[C@@]3(C)[C@H]1C2. The average molecular weight is 310 g/mol. The molecule has 0 spiro atoms. The molecule has 0 amide bonds. The summed E-state index contributed by atoms with van der Waals surface area (Å²) in [6.45, 7) is 7.06. The van der Waals surface area contributed by atoms with Crippen molar-refractivity contribution in [2.75, 3.05) is 0 Å². The first-order valence-electron chi connectivity index (χ1n) is 8.77. The van der Waals surface area contributed by atoms with E-state index in [1.54, 1.807) is 0 Å². The van der Waals surface area contributed by atoms with Gasteiger partial charge >= 0.3 is 7.12 Å². The third-order valence-electron chi connectivity index (χ3n) is 6.95. The van der Waals surface area contributed by atoms with E-state index in [0.717, 1.165) is 24.2 Å². The zero-order valence-electron chi connectivity index (χ0n) is 14.0. The Morgan fingerprint density at radius 1 is 1.17 bits per heavy atom. The minimum absolute atomic E-state index is 0.123. The molecule has 4 heteroatoms. The maximum atomic E-state index is 6.50. The molecule has 3 aliphatic carbocycles. The summed E-state index contributed by atoms with van der Waals surface area (Å²) in [5.74, 6) is 1.41. The molecule has 2 aromatic rings. The van der Waals surface area contributed by atoms with E-state index in [0.29, 0.717) is 11.3 Å². The van der Waals surface area contributed by atoms with Crippen LogP contribution in [0.15, 0.2) is 34.9 Å². The van der Waals surface area contributed by atoms with Crippen LogP contribution in [0.2, 0.25) is 0 Å². The predicted molar refractivity (Wildman–Crippen MR) is 90.0 cm³/mol. The number of fused-ring (bicyclic) bond motifs is 1. The van der Waals surface area contributed by atoms with Crippen molar-refractivity contribution in [2.24, 2.45) is 17.3 Å². The molecule has 3 nitrogen and oxygen atoms in total. The van der Waals surface area contributed by atoms with Gasteiger partial charge in [-0.25, -0.2) is 0 Å².